The van der Waals surface area contributed by atoms with Crippen molar-refractivity contribution in [3.05, 3.63) is 70.8 Å². The summed E-state index contributed by atoms with van der Waals surface area (Å²) < 4.78 is 19.8. The van der Waals surface area contributed by atoms with Crippen LogP contribution in [-0.4, -0.2) is 58.6 Å². The third-order valence-corrected chi connectivity index (χ3v) is 6.92. The zero-order valence-electron chi connectivity index (χ0n) is 21.6. The summed E-state index contributed by atoms with van der Waals surface area (Å²) in [6, 6.07) is 12.4. The van der Waals surface area contributed by atoms with Crippen LogP contribution in [0, 0.1) is 17.2 Å². The summed E-state index contributed by atoms with van der Waals surface area (Å²) in [4.78, 5) is 15.2. The first-order valence-corrected chi connectivity index (χ1v) is 13.1. The Morgan fingerprint density at radius 3 is 2.65 bits per heavy atom. The zero-order valence-corrected chi connectivity index (χ0v) is 22.4. The summed E-state index contributed by atoms with van der Waals surface area (Å²) in [6.45, 7) is 9.83. The second-order valence-corrected chi connectivity index (χ2v) is 11.0. The molecule has 2 atom stereocenters. The molecular formula is C28H35ClFN5O2. The van der Waals surface area contributed by atoms with Crippen molar-refractivity contribution in [3.63, 3.8) is 0 Å². The Bertz CT molecular complexity index is 1160. The molecule has 7 nitrogen and oxygen atoms in total. The Hall–Kier alpha value is -2.81. The number of H-pyrrole nitrogens is 1. The Morgan fingerprint density at radius 1 is 1.24 bits per heavy atom. The van der Waals surface area contributed by atoms with E-state index in [0.717, 1.165) is 29.9 Å². The molecule has 0 spiro atoms. The van der Waals surface area contributed by atoms with Gasteiger partial charge in [-0.05, 0) is 54.5 Å². The number of aromatic amines is 1. The van der Waals surface area contributed by atoms with Crippen LogP contribution in [0.2, 0.25) is 5.02 Å². The molecule has 2 heterocycles. The highest BCUT2D eigenvalue weighted by atomic mass is 35.5. The molecule has 2 N–H and O–H groups in total. The number of benzene rings is 2. The number of carbonyl (C=O) groups excluding carboxylic acids is 1. The second kappa shape index (κ2) is 12.2. The molecule has 1 aliphatic heterocycles. The molecule has 0 bridgehead atoms. The normalized spacial score (nSPS) is 16.7. The minimum atomic E-state index is -0.309. The third kappa shape index (κ3) is 7.60. The van der Waals surface area contributed by atoms with Gasteiger partial charge in [0.05, 0.1) is 24.4 Å². The van der Waals surface area contributed by atoms with Crippen LogP contribution < -0.4 is 5.32 Å². The van der Waals surface area contributed by atoms with Gasteiger partial charge in [0, 0.05) is 42.8 Å². The fourth-order valence-corrected chi connectivity index (χ4v) is 5.25. The first kappa shape index (κ1) is 27.2. The van der Waals surface area contributed by atoms with Gasteiger partial charge in [0.15, 0.2) is 0 Å². The molecule has 1 fully saturated rings. The average Bonchev–Trinajstić information content (AvgIpc) is 3.37. The summed E-state index contributed by atoms with van der Waals surface area (Å²) in [7, 11) is 0. The molecule has 9 heteroatoms. The van der Waals surface area contributed by atoms with E-state index in [1.807, 2.05) is 31.2 Å². The molecule has 0 unspecified atom stereocenters. The molecule has 0 saturated carbocycles. The van der Waals surface area contributed by atoms with Crippen LogP contribution in [0.4, 0.5) is 4.39 Å². The first-order valence-electron chi connectivity index (χ1n) is 12.7. The summed E-state index contributed by atoms with van der Waals surface area (Å²) in [5.74, 6) is -0.714. The summed E-state index contributed by atoms with van der Waals surface area (Å²) in [6.07, 6.45) is 3.00. The van der Waals surface area contributed by atoms with Gasteiger partial charge < -0.3 is 15.0 Å². The van der Waals surface area contributed by atoms with Crippen LogP contribution in [0.15, 0.2) is 48.7 Å². The summed E-state index contributed by atoms with van der Waals surface area (Å²) >= 11 is 6.08. The Morgan fingerprint density at radius 2 is 2.00 bits per heavy atom. The number of likely N-dealkylation sites (tertiary alicyclic amines) is 1. The predicted octanol–water partition coefficient (Wildman–Crippen LogP) is 4.88. The highest BCUT2D eigenvalue weighted by Gasteiger charge is 2.37. The molecule has 4 rings (SSSR count). The molecule has 198 valence electrons. The van der Waals surface area contributed by atoms with E-state index in [1.165, 1.54) is 6.07 Å². The largest absolute Gasteiger partial charge is 0.466 e. The number of ether oxygens (including phenoxy) is 1. The van der Waals surface area contributed by atoms with Crippen LogP contribution in [0.1, 0.15) is 38.4 Å². The number of hydrogen-bond donors (Lipinski definition) is 2. The van der Waals surface area contributed by atoms with Gasteiger partial charge in [-0.2, -0.15) is 15.4 Å². The van der Waals surface area contributed by atoms with Gasteiger partial charge in [-0.3, -0.25) is 4.79 Å². The maximum atomic E-state index is 14.3. The lowest BCUT2D eigenvalue weighted by Gasteiger charge is -2.47. The van der Waals surface area contributed by atoms with Gasteiger partial charge >= 0.3 is 5.97 Å². The van der Waals surface area contributed by atoms with Crippen molar-refractivity contribution in [1.82, 2.24) is 25.6 Å². The van der Waals surface area contributed by atoms with E-state index in [4.69, 9.17) is 16.3 Å². The Labute approximate surface area is 222 Å². The molecule has 1 aliphatic rings. The van der Waals surface area contributed by atoms with Gasteiger partial charge in [0.1, 0.15) is 5.82 Å². The third-order valence-electron chi connectivity index (χ3n) is 6.68. The van der Waals surface area contributed by atoms with Gasteiger partial charge in [-0.1, -0.05) is 49.7 Å². The Balaban J connectivity index is 1.49. The van der Waals surface area contributed by atoms with Gasteiger partial charge in [0.25, 0.3) is 0 Å². The quantitative estimate of drug-likeness (QED) is 0.327. The van der Waals surface area contributed by atoms with Crippen molar-refractivity contribution in [2.45, 2.75) is 46.2 Å². The standard InChI is InChI=1S/C28H35ClFN5O2/c1-4-37-27(36)21(16-35-17-28(2,3)18-35)12-23(31-14-24-15-32-34-33-24)11-19-5-7-20(8-6-19)25-13-22(29)9-10-26(25)30/h5-10,13,15,21,23,31H,4,11-12,14,16-18H2,1-3H3,(H,32,33,34)/t21-,23+/m0/s1. The van der Waals surface area contributed by atoms with Gasteiger partial charge in [0.2, 0.25) is 0 Å². The number of rotatable bonds is 12. The number of nitrogens with one attached hydrogen (secondary N) is 2. The van der Waals surface area contributed by atoms with Crippen LogP contribution in [0.5, 0.6) is 0 Å². The first-order chi connectivity index (χ1) is 17.7. The van der Waals surface area contributed by atoms with Crippen molar-refractivity contribution < 1.29 is 13.9 Å². The number of halogens is 2. The van der Waals surface area contributed by atoms with E-state index in [1.54, 1.807) is 18.3 Å². The predicted molar refractivity (Wildman–Crippen MR) is 143 cm³/mol. The van der Waals surface area contributed by atoms with Gasteiger partial charge in [-0.15, -0.1) is 0 Å². The van der Waals surface area contributed by atoms with Crippen LogP contribution in [0.25, 0.3) is 11.1 Å². The highest BCUT2D eigenvalue weighted by Crippen LogP contribution is 2.31. The average molecular weight is 528 g/mol. The van der Waals surface area contributed by atoms with Crippen molar-refractivity contribution in [1.29, 1.82) is 0 Å². The smallest absolute Gasteiger partial charge is 0.310 e. The Kier molecular flexibility index (Phi) is 8.95. The molecule has 0 radical (unpaired) electrons. The second-order valence-electron chi connectivity index (χ2n) is 10.6. The minimum absolute atomic E-state index is 0.00542. The number of nitrogens with zero attached hydrogens (tertiary/aromatic N) is 3. The number of carbonyl (C=O) groups is 1. The fourth-order valence-electron chi connectivity index (χ4n) is 5.08. The van der Waals surface area contributed by atoms with Crippen LogP contribution in [-0.2, 0) is 22.5 Å². The molecule has 0 aliphatic carbocycles. The minimum Gasteiger partial charge on any atom is -0.466 e. The zero-order chi connectivity index (χ0) is 26.4. The molecule has 1 saturated heterocycles. The maximum Gasteiger partial charge on any atom is 0.310 e. The molecule has 1 aromatic heterocycles. The lowest BCUT2D eigenvalue weighted by Crippen LogP contribution is -2.55. The van der Waals surface area contributed by atoms with Crippen molar-refractivity contribution in [2.75, 3.05) is 26.2 Å². The molecule has 2 aromatic carbocycles. The van der Waals surface area contributed by atoms with Crippen molar-refractivity contribution in [2.24, 2.45) is 11.3 Å². The summed E-state index contributed by atoms with van der Waals surface area (Å²) in [5, 5.41) is 14.7. The highest BCUT2D eigenvalue weighted by molar-refractivity contribution is 6.30. The lowest BCUT2D eigenvalue weighted by atomic mass is 9.83. The van der Waals surface area contributed by atoms with Gasteiger partial charge in [-0.25, -0.2) is 4.39 Å². The molecular weight excluding hydrogens is 493 g/mol. The number of esters is 1. The topological polar surface area (TPSA) is 83.1 Å². The van der Waals surface area contributed by atoms with E-state index >= 15 is 0 Å². The molecule has 3 aromatic rings. The maximum absolute atomic E-state index is 14.3. The van der Waals surface area contributed by atoms with E-state index in [2.05, 4.69) is 39.5 Å². The SMILES string of the molecule is CCOC(=O)[C@@H](C[C@@H](Cc1ccc(-c2cc(Cl)ccc2F)cc1)NCc1cn[nH]n1)CN1CC(C)(C)C1. The lowest BCUT2D eigenvalue weighted by molar-refractivity contribution is -0.150. The molecule has 37 heavy (non-hydrogen) atoms. The van der Waals surface area contributed by atoms with Crippen molar-refractivity contribution >= 4 is 17.6 Å². The van der Waals surface area contributed by atoms with Crippen LogP contribution >= 0.6 is 11.6 Å². The van der Waals surface area contributed by atoms with E-state index < -0.39 is 0 Å². The monoisotopic (exact) mass is 527 g/mol. The van der Waals surface area contributed by atoms with Crippen LogP contribution in [0.3, 0.4) is 0 Å². The van der Waals surface area contributed by atoms with E-state index in [9.17, 15) is 9.18 Å². The fraction of sp³-hybridized carbons (Fsp3) is 0.464. The number of hydrogen-bond acceptors (Lipinski definition) is 6. The van der Waals surface area contributed by atoms with E-state index in [-0.39, 0.29) is 29.2 Å². The summed E-state index contributed by atoms with van der Waals surface area (Å²) in [5.41, 5.74) is 3.40. The van der Waals surface area contributed by atoms with E-state index in [0.29, 0.717) is 43.1 Å². The van der Waals surface area contributed by atoms with Crippen molar-refractivity contribution in [3.8, 4) is 11.1 Å². The molecule has 0 amide bonds. The number of aromatic nitrogens is 3.